The maximum absolute atomic E-state index is 5.06. The number of aromatic nitrogens is 15. The van der Waals surface area contributed by atoms with E-state index < -0.39 is 0 Å². The van der Waals surface area contributed by atoms with Crippen LogP contribution in [0.1, 0.15) is 152 Å². The fraction of sp³-hybridized carbons (Fsp3) is 0.500. The SMILES string of the molecule is CC1=NN(C)CC1.CC1=NN(C)CCC1.CC1=NN(C)CCO1.CC1=NN(C)CCS1.CC1=NN(C)CO1.CC1=NN(C)CS1.Cc1ccc(C)nc1.Cc1cccc(C)n1.Cc1ccnc(C)n1.Cc1ccnc(C)n1.Cc1cnc(C)cn1.Cc1cnc(C)nc1.Cc1cncc(C)n1.Cc1ncnc(C)n1. The lowest BCUT2D eigenvalue weighted by Gasteiger charge is -2.19. The van der Waals surface area contributed by atoms with Crippen molar-refractivity contribution in [3.8, 4) is 0 Å². The van der Waals surface area contributed by atoms with Gasteiger partial charge in [0.05, 0.1) is 45.3 Å². The maximum atomic E-state index is 5.06. The van der Waals surface area contributed by atoms with Gasteiger partial charge in [0.15, 0.2) is 6.73 Å². The molecule has 0 saturated carbocycles. The first kappa shape index (κ1) is 96.8. The largest absolute Gasteiger partial charge is 0.478 e. The summed E-state index contributed by atoms with van der Waals surface area (Å²) in [4.78, 5) is 59.8. The highest BCUT2D eigenvalue weighted by Gasteiger charge is 2.07. The summed E-state index contributed by atoms with van der Waals surface area (Å²) in [6, 6.07) is 13.8. The third-order valence-electron chi connectivity index (χ3n) is 13.5. The second-order valence-electron chi connectivity index (χ2n) is 25.5. The predicted octanol–water partition coefficient (Wildman–Crippen LogP) is 13.6. The molecule has 0 fully saturated rings. The highest BCUT2D eigenvalue weighted by molar-refractivity contribution is 8.14. The second kappa shape index (κ2) is 57.0. The van der Waals surface area contributed by atoms with Gasteiger partial charge in [0, 0.05) is 184 Å². The van der Waals surface area contributed by atoms with Crippen molar-refractivity contribution in [3.63, 3.8) is 0 Å². The zero-order valence-corrected chi connectivity index (χ0v) is 71.9. The molecule has 0 N–H and O–H groups in total. The molecular weight excluding hydrogens is 1410 g/mol. The number of hydrogen-bond donors (Lipinski definition) is 0. The predicted molar refractivity (Wildman–Crippen MR) is 450 cm³/mol. The van der Waals surface area contributed by atoms with E-state index in [1.807, 2.05) is 273 Å². The van der Waals surface area contributed by atoms with E-state index in [4.69, 9.17) is 9.47 Å². The number of hydrazone groups is 6. The fourth-order valence-electron chi connectivity index (χ4n) is 8.29. The van der Waals surface area contributed by atoms with Gasteiger partial charge in [-0.3, -0.25) is 54.9 Å². The first-order valence-electron chi connectivity index (χ1n) is 35.8. The van der Waals surface area contributed by atoms with Gasteiger partial charge in [-0.2, -0.15) is 20.4 Å². The third-order valence-corrected chi connectivity index (χ3v) is 15.4. The molecule has 0 unspecified atom stereocenters. The minimum absolute atomic E-state index is 0.603. The summed E-state index contributed by atoms with van der Waals surface area (Å²) in [6.07, 6.45) is 21.1. The van der Waals surface area contributed by atoms with Gasteiger partial charge in [-0.15, -0.1) is 22.0 Å². The Morgan fingerprint density at radius 2 is 0.780 bits per heavy atom. The molecule has 6 aliphatic rings. The molecule has 109 heavy (non-hydrogen) atoms. The Morgan fingerprint density at radius 1 is 0.321 bits per heavy atom. The van der Waals surface area contributed by atoms with Gasteiger partial charge >= 0.3 is 0 Å². The van der Waals surface area contributed by atoms with E-state index in [0.29, 0.717) is 6.73 Å². The van der Waals surface area contributed by atoms with E-state index >= 15 is 0 Å². The summed E-state index contributed by atoms with van der Waals surface area (Å²) in [5.41, 5.74) is 14.0. The van der Waals surface area contributed by atoms with Crippen molar-refractivity contribution in [3.05, 3.63) is 196 Å². The molecular formula is C78H123N27O2S2. The van der Waals surface area contributed by atoms with Crippen LogP contribution in [0.2, 0.25) is 0 Å². The summed E-state index contributed by atoms with van der Waals surface area (Å²) in [7, 11) is 11.8. The van der Waals surface area contributed by atoms with E-state index in [1.165, 1.54) is 52.0 Å². The number of likely N-dealkylation sites (N-methyl/N-ethyl adjacent to an activating group) is 1. The minimum Gasteiger partial charge on any atom is -0.478 e. The second-order valence-corrected chi connectivity index (χ2v) is 27.9. The molecule has 594 valence electrons. The maximum Gasteiger partial charge on any atom is 0.204 e. The summed E-state index contributed by atoms with van der Waals surface area (Å²) >= 11 is 3.61. The Kier molecular flexibility index (Phi) is 50.7. The van der Waals surface area contributed by atoms with Crippen molar-refractivity contribution in [2.75, 3.05) is 93.4 Å². The van der Waals surface area contributed by atoms with Crippen LogP contribution >= 0.6 is 23.5 Å². The first-order valence-corrected chi connectivity index (χ1v) is 37.8. The number of thioether (sulfide) groups is 2. The molecule has 0 spiro atoms. The number of rotatable bonds is 0. The number of hydrogen-bond acceptors (Lipinski definition) is 31. The van der Waals surface area contributed by atoms with Gasteiger partial charge in [-0.25, -0.2) is 44.9 Å². The van der Waals surface area contributed by atoms with Crippen molar-refractivity contribution in [2.24, 2.45) is 30.6 Å². The van der Waals surface area contributed by atoms with Crippen LogP contribution in [0.25, 0.3) is 0 Å². The summed E-state index contributed by atoms with van der Waals surface area (Å²) in [5, 5.41) is 38.4. The number of aryl methyl sites for hydroxylation is 16. The first-order chi connectivity index (χ1) is 51.5. The molecule has 31 heteroatoms. The lowest BCUT2D eigenvalue weighted by atomic mass is 10.2. The van der Waals surface area contributed by atoms with Crippen molar-refractivity contribution in [2.45, 2.75) is 172 Å². The Balaban J connectivity index is 0.000000587. The number of ether oxygens (including phenoxy) is 2. The Bertz CT molecular complexity index is 3340. The van der Waals surface area contributed by atoms with Gasteiger partial charge < -0.3 is 14.5 Å². The quantitative estimate of drug-likeness (QED) is 0.136. The molecule has 0 atom stereocenters. The molecule has 0 bridgehead atoms. The minimum atomic E-state index is 0.603. The number of nitrogens with zero attached hydrogens (tertiary/aromatic N) is 27. The van der Waals surface area contributed by atoms with E-state index in [1.54, 1.807) is 54.0 Å². The van der Waals surface area contributed by atoms with Gasteiger partial charge in [-0.1, -0.05) is 23.9 Å². The van der Waals surface area contributed by atoms with Gasteiger partial charge in [0.2, 0.25) is 11.8 Å². The Hall–Kier alpha value is -10.2. The van der Waals surface area contributed by atoms with Crippen molar-refractivity contribution in [1.82, 2.24) is 105 Å². The van der Waals surface area contributed by atoms with Crippen LogP contribution in [0.5, 0.6) is 0 Å². The average molecular weight is 1540 g/mol. The highest BCUT2D eigenvalue weighted by atomic mass is 32.2. The van der Waals surface area contributed by atoms with Crippen LogP contribution in [0, 0.1) is 111 Å². The standard InChI is InChI=1S/2C7H9N.3C6H8N2.C6H12N2.2C6H8N2.C5H7N3.C5H10N2O.C5H10N2S.C5H10N2.C4H8N2O.C4H8N2S/c1-6-3-4-7(2)8-5-6;1-6-4-3-5-7(2)8-6;1-5-3-8-6(2)4-7-5;1-5-3-7-4-6(2)8-5;1-5-3-7-6(2)8-4-5;1-6-4-3-5-8(2)7-6;2*1-5-3-4-7-6(2)8-5;1-4-6-3-7-5(2)8-4;2*1-5-6-7(2)3-4-8-5;1-5-3-4-7(2)6-5;2*1-4-5-6(2)3-7-4/h2*3-5H,1-2H3;3*3-4H,1-2H3;3-5H2,1-2H3;2*3-4H,1-2H3;3H,1-2H3;2*3-4H2,1-2H3;3-4H2,1-2H3;2*3H2,1-2H3. The molecule has 0 saturated heterocycles. The molecule has 0 aromatic carbocycles. The summed E-state index contributed by atoms with van der Waals surface area (Å²) in [6.45, 7) is 48.4. The third kappa shape index (κ3) is 55.9. The van der Waals surface area contributed by atoms with E-state index in [9.17, 15) is 0 Å². The molecule has 14 heterocycles. The molecule has 8 aromatic rings. The lowest BCUT2D eigenvalue weighted by Crippen LogP contribution is -2.25. The van der Waals surface area contributed by atoms with Gasteiger partial charge in [0.1, 0.15) is 42.1 Å². The molecule has 14 rings (SSSR count). The van der Waals surface area contributed by atoms with E-state index in [0.717, 1.165) is 143 Å². The van der Waals surface area contributed by atoms with Crippen LogP contribution in [0.4, 0.5) is 0 Å². The van der Waals surface area contributed by atoms with Crippen LogP contribution in [0.15, 0.2) is 135 Å². The topological polar surface area (TPSA) is 305 Å². The smallest absolute Gasteiger partial charge is 0.204 e. The lowest BCUT2D eigenvalue weighted by molar-refractivity contribution is 0.189. The Labute approximate surface area is 659 Å². The van der Waals surface area contributed by atoms with Crippen LogP contribution in [0.3, 0.4) is 0 Å². The van der Waals surface area contributed by atoms with Crippen molar-refractivity contribution < 1.29 is 9.47 Å². The normalized spacial score (nSPS) is 13.8. The van der Waals surface area contributed by atoms with Crippen molar-refractivity contribution >= 4 is 56.8 Å². The van der Waals surface area contributed by atoms with E-state index in [2.05, 4.69) is 125 Å². The zero-order valence-electron chi connectivity index (χ0n) is 70.3. The van der Waals surface area contributed by atoms with Crippen LogP contribution in [-0.2, 0) is 9.47 Å². The fourth-order valence-corrected chi connectivity index (χ4v) is 9.77. The molecule has 6 aliphatic heterocycles. The Morgan fingerprint density at radius 3 is 1.05 bits per heavy atom. The average Bonchev–Trinajstić information content (AvgIpc) is 1.68. The molecule has 0 aliphatic carbocycles. The molecule has 0 radical (unpaired) electrons. The molecule has 0 amide bonds. The molecule has 8 aromatic heterocycles. The zero-order chi connectivity index (χ0) is 81.6. The van der Waals surface area contributed by atoms with E-state index in [-0.39, 0.29) is 0 Å². The monoisotopic (exact) mass is 1530 g/mol. The molecule has 29 nitrogen and oxygen atoms in total. The summed E-state index contributed by atoms with van der Waals surface area (Å²) in [5.74, 6) is 7.78. The van der Waals surface area contributed by atoms with Gasteiger partial charge in [0.25, 0.3) is 0 Å². The van der Waals surface area contributed by atoms with Crippen LogP contribution in [-0.4, -0.2) is 232 Å². The van der Waals surface area contributed by atoms with Gasteiger partial charge in [-0.05, 0) is 193 Å². The highest BCUT2D eigenvalue weighted by Crippen LogP contribution is 2.13. The van der Waals surface area contributed by atoms with Crippen LogP contribution < -0.4 is 0 Å². The van der Waals surface area contributed by atoms with Crippen molar-refractivity contribution in [1.29, 1.82) is 0 Å². The summed E-state index contributed by atoms with van der Waals surface area (Å²) < 4.78 is 10.00. The number of pyridine rings is 2.